The monoisotopic (exact) mass is 448 g/mol. The summed E-state index contributed by atoms with van der Waals surface area (Å²) in [5, 5.41) is 4.67. The van der Waals surface area contributed by atoms with E-state index in [-0.39, 0.29) is 4.90 Å². The van der Waals surface area contributed by atoms with Gasteiger partial charge >= 0.3 is 0 Å². The molecule has 9 heteroatoms. The van der Waals surface area contributed by atoms with Crippen LogP contribution in [0.5, 0.6) is 0 Å². The van der Waals surface area contributed by atoms with Gasteiger partial charge < -0.3 is 4.42 Å². The van der Waals surface area contributed by atoms with Crippen LogP contribution in [0.25, 0.3) is 28.4 Å². The zero-order valence-corrected chi connectivity index (χ0v) is 17.7. The minimum absolute atomic E-state index is 0.0177. The van der Waals surface area contributed by atoms with E-state index in [4.69, 9.17) is 4.42 Å². The number of nitrogens with one attached hydrogen (secondary N) is 1. The molecule has 3 aromatic heterocycles. The zero-order chi connectivity index (χ0) is 22.3. The van der Waals surface area contributed by atoms with Crippen LogP contribution < -0.4 is 4.72 Å². The SMILES string of the molecule is Cc1ccc(-c2cnc3ccc(-c4ccc(NS(=O)(=O)c5ccc(F)cc5)cc4)nn23)o1. The molecule has 0 saturated heterocycles. The number of benzene rings is 2. The summed E-state index contributed by atoms with van der Waals surface area (Å²) in [6.07, 6.45) is 1.71. The first kappa shape index (κ1) is 20.0. The van der Waals surface area contributed by atoms with E-state index in [1.165, 1.54) is 12.1 Å². The van der Waals surface area contributed by atoms with Crippen LogP contribution in [0.3, 0.4) is 0 Å². The van der Waals surface area contributed by atoms with E-state index in [1.807, 2.05) is 31.2 Å². The molecular weight excluding hydrogens is 431 g/mol. The summed E-state index contributed by atoms with van der Waals surface area (Å²) in [6, 6.07) is 18.9. The average molecular weight is 448 g/mol. The predicted molar refractivity (Wildman–Crippen MR) is 118 cm³/mol. The van der Waals surface area contributed by atoms with Crippen molar-refractivity contribution in [3.8, 4) is 22.7 Å². The predicted octanol–water partition coefficient (Wildman–Crippen LogP) is 4.90. The summed E-state index contributed by atoms with van der Waals surface area (Å²) in [5.74, 6) is 0.969. The van der Waals surface area contributed by atoms with E-state index in [0.717, 1.165) is 29.2 Å². The Kier molecular flexibility index (Phi) is 4.75. The van der Waals surface area contributed by atoms with Gasteiger partial charge in [0.05, 0.1) is 16.8 Å². The third-order valence-corrected chi connectivity index (χ3v) is 6.31. The third kappa shape index (κ3) is 3.74. The molecular formula is C23H17FN4O3S. The molecule has 0 saturated carbocycles. The Balaban J connectivity index is 1.43. The second kappa shape index (κ2) is 7.61. The van der Waals surface area contributed by atoms with Crippen LogP contribution in [0.15, 0.2) is 88.3 Å². The van der Waals surface area contributed by atoms with Crippen molar-refractivity contribution in [3.63, 3.8) is 0 Å². The molecule has 0 spiro atoms. The van der Waals surface area contributed by atoms with Crippen LogP contribution in [0.1, 0.15) is 5.76 Å². The molecule has 0 radical (unpaired) electrons. The van der Waals surface area contributed by atoms with Crippen molar-refractivity contribution in [1.29, 1.82) is 0 Å². The molecule has 5 rings (SSSR count). The summed E-state index contributed by atoms with van der Waals surface area (Å²) in [4.78, 5) is 4.35. The van der Waals surface area contributed by atoms with Crippen LogP contribution in [0, 0.1) is 12.7 Å². The normalized spacial score (nSPS) is 11.7. The maximum Gasteiger partial charge on any atom is 0.261 e. The Morgan fingerprint density at radius 2 is 1.69 bits per heavy atom. The van der Waals surface area contributed by atoms with Crippen molar-refractivity contribution < 1.29 is 17.2 Å². The lowest BCUT2D eigenvalue weighted by atomic mass is 10.1. The Labute approximate surface area is 183 Å². The number of aryl methyl sites for hydroxylation is 1. The Hall–Kier alpha value is -3.98. The quantitative estimate of drug-likeness (QED) is 0.413. The lowest BCUT2D eigenvalue weighted by Crippen LogP contribution is -2.12. The fourth-order valence-corrected chi connectivity index (χ4v) is 4.36. The van der Waals surface area contributed by atoms with Crippen LogP contribution in [-0.2, 0) is 10.0 Å². The number of rotatable bonds is 5. The van der Waals surface area contributed by atoms with Gasteiger partial charge in [0.2, 0.25) is 0 Å². The largest absolute Gasteiger partial charge is 0.460 e. The molecule has 0 amide bonds. The van der Waals surface area contributed by atoms with Gasteiger partial charge in [-0.3, -0.25) is 4.72 Å². The topological polar surface area (TPSA) is 89.5 Å². The molecule has 3 heterocycles. The lowest BCUT2D eigenvalue weighted by molar-refractivity contribution is 0.544. The number of nitrogens with zero attached hydrogens (tertiary/aromatic N) is 3. The first-order valence-electron chi connectivity index (χ1n) is 9.69. The Morgan fingerprint density at radius 3 is 2.38 bits per heavy atom. The van der Waals surface area contributed by atoms with Crippen LogP contribution in [0.4, 0.5) is 10.1 Å². The second-order valence-corrected chi connectivity index (χ2v) is 8.86. The van der Waals surface area contributed by atoms with Crippen molar-refractivity contribution in [1.82, 2.24) is 14.6 Å². The smallest absolute Gasteiger partial charge is 0.261 e. The van der Waals surface area contributed by atoms with E-state index < -0.39 is 15.8 Å². The molecule has 0 unspecified atom stereocenters. The summed E-state index contributed by atoms with van der Waals surface area (Å²) in [5.41, 5.74) is 3.29. The number of halogens is 1. The molecule has 0 fully saturated rings. The number of imidazole rings is 1. The van der Waals surface area contributed by atoms with Crippen LogP contribution in [-0.4, -0.2) is 23.0 Å². The molecule has 7 nitrogen and oxygen atoms in total. The number of anilines is 1. The number of fused-ring (bicyclic) bond motifs is 1. The highest BCUT2D eigenvalue weighted by molar-refractivity contribution is 7.92. The maximum atomic E-state index is 13.1. The van der Waals surface area contributed by atoms with Gasteiger partial charge in [-0.25, -0.2) is 22.3 Å². The van der Waals surface area contributed by atoms with Gasteiger partial charge in [0, 0.05) is 11.3 Å². The second-order valence-electron chi connectivity index (χ2n) is 7.18. The van der Waals surface area contributed by atoms with E-state index in [2.05, 4.69) is 14.8 Å². The summed E-state index contributed by atoms with van der Waals surface area (Å²) in [6.45, 7) is 1.87. The number of hydrogen-bond acceptors (Lipinski definition) is 5. The highest BCUT2D eigenvalue weighted by Gasteiger charge is 2.15. The van der Waals surface area contributed by atoms with Crippen LogP contribution >= 0.6 is 0 Å². The van der Waals surface area contributed by atoms with E-state index in [0.29, 0.717) is 22.8 Å². The molecule has 2 aromatic carbocycles. The summed E-state index contributed by atoms with van der Waals surface area (Å²) in [7, 11) is -3.82. The first-order chi connectivity index (χ1) is 15.4. The molecule has 1 N–H and O–H groups in total. The van der Waals surface area contributed by atoms with Crippen LogP contribution in [0.2, 0.25) is 0 Å². The minimum atomic E-state index is -3.82. The van der Waals surface area contributed by atoms with Crippen molar-refractivity contribution in [2.45, 2.75) is 11.8 Å². The highest BCUT2D eigenvalue weighted by Crippen LogP contribution is 2.26. The van der Waals surface area contributed by atoms with Gasteiger partial charge in [-0.1, -0.05) is 12.1 Å². The molecule has 32 heavy (non-hydrogen) atoms. The van der Waals surface area contributed by atoms with Gasteiger partial charge in [0.15, 0.2) is 11.4 Å². The van der Waals surface area contributed by atoms with Crippen molar-refractivity contribution in [3.05, 3.63) is 90.6 Å². The molecule has 160 valence electrons. The van der Waals surface area contributed by atoms with Gasteiger partial charge in [-0.2, -0.15) is 5.10 Å². The van der Waals surface area contributed by atoms with Gasteiger partial charge in [0.25, 0.3) is 10.0 Å². The molecule has 0 aliphatic rings. The first-order valence-corrected chi connectivity index (χ1v) is 11.2. The molecule has 0 aliphatic carbocycles. The van der Waals surface area contributed by atoms with Crippen molar-refractivity contribution in [2.24, 2.45) is 0 Å². The molecule has 5 aromatic rings. The fourth-order valence-electron chi connectivity index (χ4n) is 3.30. The van der Waals surface area contributed by atoms with E-state index in [1.54, 1.807) is 35.0 Å². The molecule has 0 aliphatic heterocycles. The number of hydrogen-bond donors (Lipinski definition) is 1. The standard InChI is InChI=1S/C23H17FN4O3S/c1-15-2-12-22(31-15)21-14-25-23-13-11-20(26-28(21)23)16-3-7-18(8-4-16)27-32(29,30)19-9-5-17(24)6-10-19/h2-14,27H,1H3. The third-order valence-electron chi connectivity index (χ3n) is 4.91. The van der Waals surface area contributed by atoms with Gasteiger partial charge in [-0.15, -0.1) is 0 Å². The number of furan rings is 1. The maximum absolute atomic E-state index is 13.1. The van der Waals surface area contributed by atoms with E-state index >= 15 is 0 Å². The minimum Gasteiger partial charge on any atom is -0.460 e. The van der Waals surface area contributed by atoms with Gasteiger partial charge in [0.1, 0.15) is 17.3 Å². The fraction of sp³-hybridized carbons (Fsp3) is 0.0435. The number of sulfonamides is 1. The summed E-state index contributed by atoms with van der Waals surface area (Å²) >= 11 is 0. The zero-order valence-electron chi connectivity index (χ0n) is 16.9. The Morgan fingerprint density at radius 1 is 0.938 bits per heavy atom. The Bertz CT molecular complexity index is 1520. The van der Waals surface area contributed by atoms with E-state index in [9.17, 15) is 12.8 Å². The average Bonchev–Trinajstić information content (AvgIpc) is 3.39. The van der Waals surface area contributed by atoms with Crippen molar-refractivity contribution >= 4 is 21.4 Å². The number of aromatic nitrogens is 3. The van der Waals surface area contributed by atoms with Crippen molar-refractivity contribution in [2.75, 3.05) is 4.72 Å². The van der Waals surface area contributed by atoms with Gasteiger partial charge in [-0.05, 0) is 67.6 Å². The summed E-state index contributed by atoms with van der Waals surface area (Å²) < 4.78 is 48.0. The molecule has 0 atom stereocenters. The lowest BCUT2D eigenvalue weighted by Gasteiger charge is -2.09. The highest BCUT2D eigenvalue weighted by atomic mass is 32.2. The molecule has 0 bridgehead atoms.